The van der Waals surface area contributed by atoms with Crippen LogP contribution in [0.4, 0.5) is 4.39 Å². The molecular formula is C12H10FN3O2. The normalized spacial score (nSPS) is 14.7. The fourth-order valence-electron chi connectivity index (χ4n) is 1.79. The van der Waals surface area contributed by atoms with Gasteiger partial charge < -0.3 is 5.11 Å². The third kappa shape index (κ3) is 1.85. The number of hydrogen-bond donors (Lipinski definition) is 1. The second-order valence-electron chi connectivity index (χ2n) is 4.26. The van der Waals surface area contributed by atoms with Crippen LogP contribution in [0.1, 0.15) is 35.2 Å². The number of aromatic carboxylic acids is 1. The number of hydrogen-bond acceptors (Lipinski definition) is 3. The Morgan fingerprint density at radius 3 is 2.56 bits per heavy atom. The summed E-state index contributed by atoms with van der Waals surface area (Å²) in [4.78, 5) is 14.9. The molecule has 0 bridgehead atoms. The van der Waals surface area contributed by atoms with Crippen LogP contribution in [0, 0.1) is 5.82 Å². The molecule has 5 nitrogen and oxygen atoms in total. The first-order valence-electron chi connectivity index (χ1n) is 5.61. The van der Waals surface area contributed by atoms with Crippen LogP contribution in [-0.2, 0) is 0 Å². The Labute approximate surface area is 102 Å². The summed E-state index contributed by atoms with van der Waals surface area (Å²) >= 11 is 0. The molecule has 1 aromatic carbocycles. The minimum Gasteiger partial charge on any atom is -0.475 e. The molecule has 1 heterocycles. The third-order valence-electron chi connectivity index (χ3n) is 2.84. The average molecular weight is 247 g/mol. The van der Waals surface area contributed by atoms with Crippen LogP contribution < -0.4 is 0 Å². The molecule has 1 fully saturated rings. The lowest BCUT2D eigenvalue weighted by Gasteiger charge is -2.04. The summed E-state index contributed by atoms with van der Waals surface area (Å²) in [5.41, 5.74) is 0.623. The summed E-state index contributed by atoms with van der Waals surface area (Å²) in [6.07, 6.45) is 1.97. The Morgan fingerprint density at radius 1 is 1.33 bits per heavy atom. The number of carboxylic acid groups (broad SMARTS) is 1. The molecule has 2 aromatic rings. The molecule has 0 amide bonds. The zero-order chi connectivity index (χ0) is 12.7. The lowest BCUT2D eigenvalue weighted by atomic mass is 10.3. The van der Waals surface area contributed by atoms with Gasteiger partial charge in [0.1, 0.15) is 11.6 Å². The standard InChI is InChI=1S/C12H10FN3O2/c13-8-3-5-9(6-4-8)16-11(7-1-2-7)14-10(15-16)12(17)18/h3-7H,1-2H2,(H,17,18). The van der Waals surface area contributed by atoms with E-state index in [9.17, 15) is 9.18 Å². The lowest BCUT2D eigenvalue weighted by molar-refractivity contribution is 0.0683. The van der Waals surface area contributed by atoms with E-state index in [0.717, 1.165) is 12.8 Å². The van der Waals surface area contributed by atoms with Gasteiger partial charge in [0.25, 0.3) is 5.82 Å². The quantitative estimate of drug-likeness (QED) is 0.900. The third-order valence-corrected chi connectivity index (χ3v) is 2.84. The molecule has 18 heavy (non-hydrogen) atoms. The van der Waals surface area contributed by atoms with Crippen molar-refractivity contribution >= 4 is 5.97 Å². The minimum atomic E-state index is -1.15. The molecule has 0 spiro atoms. The molecule has 3 rings (SSSR count). The van der Waals surface area contributed by atoms with E-state index in [-0.39, 0.29) is 17.6 Å². The number of rotatable bonds is 3. The van der Waals surface area contributed by atoms with Gasteiger partial charge in [-0.05, 0) is 37.1 Å². The largest absolute Gasteiger partial charge is 0.475 e. The Kier molecular flexibility index (Phi) is 2.36. The first kappa shape index (κ1) is 10.9. The second kappa shape index (κ2) is 3.90. The number of benzene rings is 1. The van der Waals surface area contributed by atoms with E-state index < -0.39 is 5.97 Å². The number of carboxylic acids is 1. The van der Waals surface area contributed by atoms with Crippen LogP contribution in [0.5, 0.6) is 0 Å². The molecule has 1 aliphatic carbocycles. The van der Waals surface area contributed by atoms with E-state index >= 15 is 0 Å². The highest BCUT2D eigenvalue weighted by Gasteiger charge is 2.31. The smallest absolute Gasteiger partial charge is 0.375 e. The molecule has 0 atom stereocenters. The van der Waals surface area contributed by atoms with Gasteiger partial charge in [0.05, 0.1) is 5.69 Å². The molecule has 0 saturated heterocycles. The van der Waals surface area contributed by atoms with E-state index in [4.69, 9.17) is 5.11 Å². The van der Waals surface area contributed by atoms with Gasteiger partial charge in [-0.1, -0.05) is 0 Å². The van der Waals surface area contributed by atoms with Gasteiger partial charge in [-0.2, -0.15) is 0 Å². The molecular weight excluding hydrogens is 237 g/mol. The Morgan fingerprint density at radius 2 is 2.00 bits per heavy atom. The van der Waals surface area contributed by atoms with E-state index in [2.05, 4.69) is 10.1 Å². The van der Waals surface area contributed by atoms with Crippen molar-refractivity contribution in [3.63, 3.8) is 0 Å². The van der Waals surface area contributed by atoms with Crippen LogP contribution in [-0.4, -0.2) is 25.8 Å². The molecule has 0 radical (unpaired) electrons. The predicted octanol–water partition coefficient (Wildman–Crippen LogP) is 1.98. The Hall–Kier alpha value is -2.24. The molecule has 1 N–H and O–H groups in total. The molecule has 0 unspecified atom stereocenters. The van der Waals surface area contributed by atoms with Crippen molar-refractivity contribution in [2.24, 2.45) is 0 Å². The van der Waals surface area contributed by atoms with E-state index in [1.807, 2.05) is 0 Å². The second-order valence-corrected chi connectivity index (χ2v) is 4.26. The van der Waals surface area contributed by atoms with Crippen LogP contribution in [0.2, 0.25) is 0 Å². The maximum Gasteiger partial charge on any atom is 0.375 e. The molecule has 1 saturated carbocycles. The van der Waals surface area contributed by atoms with Gasteiger partial charge >= 0.3 is 5.97 Å². The highest BCUT2D eigenvalue weighted by Crippen LogP contribution is 2.39. The summed E-state index contributed by atoms with van der Waals surface area (Å²) in [6.45, 7) is 0. The van der Waals surface area contributed by atoms with Gasteiger partial charge in [-0.25, -0.2) is 18.9 Å². The lowest BCUT2D eigenvalue weighted by Crippen LogP contribution is -2.03. The minimum absolute atomic E-state index is 0.221. The number of aromatic nitrogens is 3. The van der Waals surface area contributed by atoms with E-state index in [0.29, 0.717) is 11.5 Å². The summed E-state index contributed by atoms with van der Waals surface area (Å²) < 4.78 is 14.4. The van der Waals surface area contributed by atoms with Crippen molar-refractivity contribution in [2.45, 2.75) is 18.8 Å². The molecule has 6 heteroatoms. The topological polar surface area (TPSA) is 68.0 Å². The van der Waals surface area contributed by atoms with Crippen molar-refractivity contribution in [2.75, 3.05) is 0 Å². The Balaban J connectivity index is 2.09. The Bertz CT molecular complexity index is 602. The van der Waals surface area contributed by atoms with Crippen molar-refractivity contribution < 1.29 is 14.3 Å². The first-order valence-corrected chi connectivity index (χ1v) is 5.61. The number of carbonyl (C=O) groups is 1. The van der Waals surface area contributed by atoms with Gasteiger partial charge in [0.15, 0.2) is 0 Å². The van der Waals surface area contributed by atoms with Crippen molar-refractivity contribution in [3.05, 3.63) is 41.7 Å². The summed E-state index contributed by atoms with van der Waals surface area (Å²) in [5, 5.41) is 12.9. The van der Waals surface area contributed by atoms with Crippen LogP contribution in [0.3, 0.4) is 0 Å². The van der Waals surface area contributed by atoms with Gasteiger partial charge in [0.2, 0.25) is 0 Å². The van der Waals surface area contributed by atoms with Crippen LogP contribution in [0.15, 0.2) is 24.3 Å². The molecule has 1 aliphatic rings. The fourth-order valence-corrected chi connectivity index (χ4v) is 1.79. The summed E-state index contributed by atoms with van der Waals surface area (Å²) in [6, 6.07) is 5.74. The maximum absolute atomic E-state index is 12.9. The molecule has 92 valence electrons. The molecule has 0 aliphatic heterocycles. The molecule has 1 aromatic heterocycles. The summed E-state index contributed by atoms with van der Waals surface area (Å²) in [7, 11) is 0. The van der Waals surface area contributed by atoms with E-state index in [1.165, 1.54) is 16.8 Å². The zero-order valence-corrected chi connectivity index (χ0v) is 9.38. The van der Waals surface area contributed by atoms with Crippen molar-refractivity contribution in [3.8, 4) is 5.69 Å². The zero-order valence-electron chi connectivity index (χ0n) is 9.38. The van der Waals surface area contributed by atoms with Gasteiger partial charge in [-0.3, -0.25) is 0 Å². The average Bonchev–Trinajstić information content (AvgIpc) is 3.09. The maximum atomic E-state index is 12.9. The SMILES string of the molecule is O=C(O)c1nc(C2CC2)n(-c2ccc(F)cc2)n1. The highest BCUT2D eigenvalue weighted by atomic mass is 19.1. The van der Waals surface area contributed by atoms with Crippen LogP contribution >= 0.6 is 0 Å². The number of nitrogens with zero attached hydrogens (tertiary/aromatic N) is 3. The fraction of sp³-hybridized carbons (Fsp3) is 0.250. The predicted molar refractivity (Wildman–Crippen MR) is 60.3 cm³/mol. The number of halogens is 1. The van der Waals surface area contributed by atoms with Crippen molar-refractivity contribution in [1.82, 2.24) is 14.8 Å². The summed E-state index contributed by atoms with van der Waals surface area (Å²) in [5.74, 6) is -0.820. The van der Waals surface area contributed by atoms with Crippen LogP contribution in [0.25, 0.3) is 5.69 Å². The first-order chi connectivity index (χ1) is 8.65. The monoisotopic (exact) mass is 247 g/mol. The highest BCUT2D eigenvalue weighted by molar-refractivity contribution is 5.83. The van der Waals surface area contributed by atoms with Gasteiger partial charge in [-0.15, -0.1) is 5.10 Å². The van der Waals surface area contributed by atoms with Gasteiger partial charge in [0, 0.05) is 5.92 Å². The van der Waals surface area contributed by atoms with E-state index in [1.54, 1.807) is 12.1 Å². The van der Waals surface area contributed by atoms with Crippen molar-refractivity contribution in [1.29, 1.82) is 0 Å².